The summed E-state index contributed by atoms with van der Waals surface area (Å²) in [5.74, 6) is 0. The fourth-order valence-corrected chi connectivity index (χ4v) is 2.34. The summed E-state index contributed by atoms with van der Waals surface area (Å²) >= 11 is 0. The van der Waals surface area contributed by atoms with Crippen LogP contribution in [0.15, 0.2) is 91.0 Å². The largest absolute Gasteiger partial charge is 0.676 e. The second-order valence-electron chi connectivity index (χ2n) is 7.57. The minimum atomic E-state index is 0. The van der Waals surface area contributed by atoms with Gasteiger partial charge in [0.15, 0.2) is 0 Å². The van der Waals surface area contributed by atoms with Gasteiger partial charge in [0.25, 0.3) is 0 Å². The Morgan fingerprint density at radius 1 is 0.469 bits per heavy atom. The van der Waals surface area contributed by atoms with Gasteiger partial charge in [-0.15, -0.1) is 55.4 Å². The Kier molecular flexibility index (Phi) is 21.1. The van der Waals surface area contributed by atoms with Gasteiger partial charge in [-0.25, -0.2) is 6.17 Å². The molecule has 0 N–H and O–H groups in total. The van der Waals surface area contributed by atoms with Crippen LogP contribution < -0.4 is 0 Å². The fourth-order valence-electron chi connectivity index (χ4n) is 2.34. The minimum Gasteiger partial charge on any atom is -0.676 e. The quantitative estimate of drug-likeness (QED) is 0.317. The summed E-state index contributed by atoms with van der Waals surface area (Å²) in [6, 6.07) is 30.4. The van der Waals surface area contributed by atoms with Crippen molar-refractivity contribution in [1.29, 1.82) is 0 Å². The standard InChI is InChI=1S/C8H18N2.3C7H7.Zr/c1-6(2)9-8(5)10-7(3)4;3*1-7-5-3-2-4-6-7;/h6-8H,1-5H3;3*2-6H,1H2;/q-2;3*-1;. The molecular formula is C29H39N2Zr-5. The third-order valence-corrected chi connectivity index (χ3v) is 3.56. The zero-order valence-corrected chi connectivity index (χ0v) is 22.9. The maximum absolute atomic E-state index is 4.35. The summed E-state index contributed by atoms with van der Waals surface area (Å²) in [5.41, 5.74) is 3.22. The van der Waals surface area contributed by atoms with Crippen LogP contribution in [0.1, 0.15) is 51.3 Å². The third-order valence-electron chi connectivity index (χ3n) is 3.56. The minimum absolute atomic E-state index is 0. The van der Waals surface area contributed by atoms with E-state index in [-0.39, 0.29) is 32.4 Å². The summed E-state index contributed by atoms with van der Waals surface area (Å²) in [5, 5.41) is 8.70. The van der Waals surface area contributed by atoms with Crippen LogP contribution in [0.3, 0.4) is 0 Å². The third kappa shape index (κ3) is 22.8. The molecule has 0 aliphatic rings. The zero-order chi connectivity index (χ0) is 23.5. The van der Waals surface area contributed by atoms with Gasteiger partial charge in [-0.3, -0.25) is 0 Å². The summed E-state index contributed by atoms with van der Waals surface area (Å²) in [6.45, 7) is 21.5. The number of nitrogens with zero attached hydrogens (tertiary/aromatic N) is 2. The van der Waals surface area contributed by atoms with E-state index in [0.29, 0.717) is 12.1 Å². The van der Waals surface area contributed by atoms with Gasteiger partial charge < -0.3 is 10.6 Å². The first kappa shape index (κ1) is 32.3. The Hall–Kier alpha value is -1.93. The molecule has 3 heteroatoms. The normalized spacial score (nSPS) is 9.38. The van der Waals surface area contributed by atoms with Crippen molar-refractivity contribution in [2.24, 2.45) is 0 Å². The smallest absolute Gasteiger partial charge is 0 e. The van der Waals surface area contributed by atoms with Gasteiger partial charge in [0.2, 0.25) is 0 Å². The first-order valence-corrected chi connectivity index (χ1v) is 10.7. The van der Waals surface area contributed by atoms with Gasteiger partial charge in [0.05, 0.1) is 0 Å². The molecule has 0 atom stereocenters. The molecule has 3 aromatic carbocycles. The molecule has 174 valence electrons. The molecule has 0 heterocycles. The molecule has 0 radical (unpaired) electrons. The first-order valence-electron chi connectivity index (χ1n) is 10.7. The second kappa shape index (κ2) is 20.9. The molecule has 0 amide bonds. The van der Waals surface area contributed by atoms with E-state index >= 15 is 0 Å². The van der Waals surface area contributed by atoms with Crippen LogP contribution in [-0.4, -0.2) is 18.2 Å². The summed E-state index contributed by atoms with van der Waals surface area (Å²) in [6.07, 6.45) is 0.167. The van der Waals surface area contributed by atoms with E-state index in [1.165, 1.54) is 0 Å². The molecule has 0 bridgehead atoms. The molecule has 32 heavy (non-hydrogen) atoms. The number of benzene rings is 3. The van der Waals surface area contributed by atoms with Crippen LogP contribution in [0.2, 0.25) is 0 Å². The average molecular weight is 507 g/mol. The van der Waals surface area contributed by atoms with Crippen molar-refractivity contribution < 1.29 is 26.2 Å². The molecule has 0 aliphatic carbocycles. The molecule has 3 aromatic rings. The number of hydrogen-bond acceptors (Lipinski definition) is 0. The fraction of sp³-hybridized carbons (Fsp3) is 0.276. The first-order chi connectivity index (χ1) is 14.7. The van der Waals surface area contributed by atoms with Crippen LogP contribution in [0.4, 0.5) is 0 Å². The SMILES string of the molecule is CC(C)[N-]C(C)[N-]C(C)C.[CH2-]c1ccccc1.[CH2-]c1ccccc1.[CH2-]c1ccccc1.[Zr]. The second-order valence-corrected chi connectivity index (χ2v) is 7.57. The van der Waals surface area contributed by atoms with E-state index in [4.69, 9.17) is 0 Å². The van der Waals surface area contributed by atoms with E-state index in [2.05, 4.69) is 59.1 Å². The summed E-state index contributed by atoms with van der Waals surface area (Å²) in [4.78, 5) is 0. The van der Waals surface area contributed by atoms with Crippen LogP contribution >= 0.6 is 0 Å². The topological polar surface area (TPSA) is 28.2 Å². The molecule has 3 rings (SSSR count). The van der Waals surface area contributed by atoms with Crippen molar-refractivity contribution in [2.75, 3.05) is 0 Å². The number of hydrogen-bond donors (Lipinski definition) is 0. The zero-order valence-electron chi connectivity index (χ0n) is 20.4. The van der Waals surface area contributed by atoms with Crippen molar-refractivity contribution in [3.05, 3.63) is 139 Å². The van der Waals surface area contributed by atoms with E-state index in [9.17, 15) is 0 Å². The van der Waals surface area contributed by atoms with E-state index in [0.717, 1.165) is 16.7 Å². The number of rotatable bonds is 4. The van der Waals surface area contributed by atoms with Crippen LogP contribution in [0.5, 0.6) is 0 Å². The van der Waals surface area contributed by atoms with Gasteiger partial charge in [0.1, 0.15) is 0 Å². The summed E-state index contributed by atoms with van der Waals surface area (Å²) in [7, 11) is 0. The Bertz CT molecular complexity index is 645. The van der Waals surface area contributed by atoms with Gasteiger partial charge in [-0.1, -0.05) is 45.9 Å². The molecule has 0 saturated heterocycles. The van der Waals surface area contributed by atoms with Crippen molar-refractivity contribution in [2.45, 2.75) is 52.9 Å². The van der Waals surface area contributed by atoms with Gasteiger partial charge in [-0.2, -0.15) is 73.9 Å². The van der Waals surface area contributed by atoms with Crippen LogP contribution in [-0.2, 0) is 26.2 Å². The predicted molar refractivity (Wildman–Crippen MR) is 139 cm³/mol. The maximum Gasteiger partial charge on any atom is 0 e. The molecule has 0 unspecified atom stereocenters. The van der Waals surface area contributed by atoms with E-state index in [1.807, 2.05) is 97.9 Å². The Balaban J connectivity index is 0. The molecule has 0 spiro atoms. The molecule has 0 aliphatic heterocycles. The van der Waals surface area contributed by atoms with E-state index < -0.39 is 0 Å². The average Bonchev–Trinajstić information content (AvgIpc) is 2.70. The van der Waals surface area contributed by atoms with Crippen molar-refractivity contribution in [1.82, 2.24) is 0 Å². The van der Waals surface area contributed by atoms with Gasteiger partial charge in [0, 0.05) is 26.2 Å². The van der Waals surface area contributed by atoms with Crippen LogP contribution in [0, 0.1) is 20.8 Å². The predicted octanol–water partition coefficient (Wildman–Crippen LogP) is 8.50. The molecule has 2 nitrogen and oxygen atoms in total. The van der Waals surface area contributed by atoms with Gasteiger partial charge >= 0.3 is 0 Å². The summed E-state index contributed by atoms with van der Waals surface area (Å²) < 4.78 is 0. The van der Waals surface area contributed by atoms with Crippen molar-refractivity contribution >= 4 is 0 Å². The van der Waals surface area contributed by atoms with Crippen molar-refractivity contribution in [3.63, 3.8) is 0 Å². The Morgan fingerprint density at radius 2 is 0.688 bits per heavy atom. The van der Waals surface area contributed by atoms with Gasteiger partial charge in [-0.05, 0) is 0 Å². The Labute approximate surface area is 217 Å². The Morgan fingerprint density at radius 3 is 0.812 bits per heavy atom. The molecule has 0 saturated carbocycles. The van der Waals surface area contributed by atoms with Crippen molar-refractivity contribution in [3.8, 4) is 0 Å². The monoisotopic (exact) mass is 505 g/mol. The van der Waals surface area contributed by atoms with Crippen LogP contribution in [0.25, 0.3) is 10.6 Å². The molecule has 0 aromatic heterocycles. The van der Waals surface area contributed by atoms with E-state index in [1.54, 1.807) is 0 Å². The molecule has 0 fully saturated rings. The maximum atomic E-state index is 4.35. The molecular weight excluding hydrogens is 468 g/mol.